The molecule has 1 aromatic carbocycles. The molecule has 22 heavy (non-hydrogen) atoms. The molecule has 1 fully saturated rings. The van der Waals surface area contributed by atoms with Crippen molar-refractivity contribution in [1.82, 2.24) is 4.90 Å². The fourth-order valence-corrected chi connectivity index (χ4v) is 2.72. The molecule has 1 unspecified atom stereocenters. The van der Waals surface area contributed by atoms with Gasteiger partial charge in [0, 0.05) is 18.0 Å². The number of hydrogen-bond donors (Lipinski definition) is 1. The van der Waals surface area contributed by atoms with Gasteiger partial charge in [0.15, 0.2) is 5.78 Å². The van der Waals surface area contributed by atoms with Gasteiger partial charge in [-0.05, 0) is 51.1 Å². The molecule has 0 aliphatic carbocycles. The normalized spacial score (nSPS) is 16.3. The summed E-state index contributed by atoms with van der Waals surface area (Å²) >= 11 is 0. The minimum absolute atomic E-state index is 0.0386. The Labute approximate surface area is 131 Å². The van der Waals surface area contributed by atoms with Crippen LogP contribution in [0.4, 0.5) is 5.69 Å². The number of Topliss-reactive ketones (excluding diaryl/α,β-unsaturated/α-hetero) is 1. The Bertz CT molecular complexity index is 551. The first-order valence-electron chi connectivity index (χ1n) is 7.73. The van der Waals surface area contributed by atoms with Crippen molar-refractivity contribution in [2.75, 3.05) is 32.1 Å². The predicted octanol–water partition coefficient (Wildman–Crippen LogP) is 2.57. The van der Waals surface area contributed by atoms with Crippen LogP contribution in [0.1, 0.15) is 37.0 Å². The lowest BCUT2D eigenvalue weighted by Crippen LogP contribution is -2.32. The van der Waals surface area contributed by atoms with E-state index in [1.165, 1.54) is 19.8 Å². The van der Waals surface area contributed by atoms with Crippen LogP contribution in [0.3, 0.4) is 0 Å². The number of nitrogens with zero attached hydrogens (tertiary/aromatic N) is 1. The molecule has 1 aromatic rings. The summed E-state index contributed by atoms with van der Waals surface area (Å²) in [6.45, 7) is 6.33. The molecule has 5 nitrogen and oxygen atoms in total. The van der Waals surface area contributed by atoms with Crippen LogP contribution in [-0.4, -0.2) is 43.3 Å². The number of ketones is 1. The third kappa shape index (κ3) is 4.07. The van der Waals surface area contributed by atoms with Gasteiger partial charge in [-0.1, -0.05) is 6.92 Å². The number of likely N-dealkylation sites (tertiary alicyclic amines) is 1. The second-order valence-electron chi connectivity index (χ2n) is 5.87. The summed E-state index contributed by atoms with van der Waals surface area (Å²) in [7, 11) is 1.55. The van der Waals surface area contributed by atoms with Crippen molar-refractivity contribution >= 4 is 17.4 Å². The summed E-state index contributed by atoms with van der Waals surface area (Å²) in [6, 6.07) is 5.07. The number of carbonyl (C=O) groups excluding carboxylic acids is 2. The van der Waals surface area contributed by atoms with Crippen molar-refractivity contribution in [3.05, 3.63) is 23.8 Å². The Kier molecular flexibility index (Phi) is 5.55. The van der Waals surface area contributed by atoms with Gasteiger partial charge in [0.2, 0.25) is 5.91 Å². The fourth-order valence-electron chi connectivity index (χ4n) is 2.72. The van der Waals surface area contributed by atoms with Crippen LogP contribution in [0, 0.1) is 5.92 Å². The van der Waals surface area contributed by atoms with Crippen LogP contribution in [0.2, 0.25) is 0 Å². The summed E-state index contributed by atoms with van der Waals surface area (Å²) in [5.41, 5.74) is 1.11. The number of carbonyl (C=O) groups is 2. The average Bonchev–Trinajstić information content (AvgIpc) is 2.99. The molecule has 1 saturated heterocycles. The Morgan fingerprint density at radius 3 is 2.59 bits per heavy atom. The maximum atomic E-state index is 12.4. The van der Waals surface area contributed by atoms with Crippen molar-refractivity contribution in [2.45, 2.75) is 26.7 Å². The van der Waals surface area contributed by atoms with E-state index in [1.807, 2.05) is 6.92 Å². The lowest BCUT2D eigenvalue weighted by Gasteiger charge is -2.20. The van der Waals surface area contributed by atoms with Crippen LogP contribution in [0.25, 0.3) is 0 Å². The van der Waals surface area contributed by atoms with Gasteiger partial charge in [-0.3, -0.25) is 9.59 Å². The SMILES string of the molecule is COc1ccc(C(C)=O)cc1NC(=O)C(C)CN1CCCC1. The minimum atomic E-state index is -0.108. The minimum Gasteiger partial charge on any atom is -0.495 e. The van der Waals surface area contributed by atoms with E-state index in [9.17, 15) is 9.59 Å². The highest BCUT2D eigenvalue weighted by molar-refractivity contribution is 5.98. The number of hydrogen-bond acceptors (Lipinski definition) is 4. The molecular weight excluding hydrogens is 280 g/mol. The maximum absolute atomic E-state index is 12.4. The van der Waals surface area contributed by atoms with Crippen molar-refractivity contribution in [2.24, 2.45) is 5.92 Å². The Morgan fingerprint density at radius 2 is 2.00 bits per heavy atom. The molecule has 1 aliphatic heterocycles. The van der Waals surface area contributed by atoms with Gasteiger partial charge in [-0.2, -0.15) is 0 Å². The van der Waals surface area contributed by atoms with Crippen molar-refractivity contribution < 1.29 is 14.3 Å². The van der Waals surface area contributed by atoms with Gasteiger partial charge in [-0.15, -0.1) is 0 Å². The van der Waals surface area contributed by atoms with E-state index >= 15 is 0 Å². The number of amides is 1. The zero-order valence-electron chi connectivity index (χ0n) is 13.5. The third-order valence-corrected chi connectivity index (χ3v) is 4.04. The molecule has 0 saturated carbocycles. The van der Waals surface area contributed by atoms with Crippen LogP contribution in [-0.2, 0) is 4.79 Å². The van der Waals surface area contributed by atoms with E-state index in [0.29, 0.717) is 17.0 Å². The summed E-state index contributed by atoms with van der Waals surface area (Å²) in [5.74, 6) is 0.365. The summed E-state index contributed by atoms with van der Waals surface area (Å²) in [4.78, 5) is 26.2. The summed E-state index contributed by atoms with van der Waals surface area (Å²) in [5, 5.41) is 2.89. The third-order valence-electron chi connectivity index (χ3n) is 4.04. The zero-order chi connectivity index (χ0) is 16.1. The van der Waals surface area contributed by atoms with Crippen molar-refractivity contribution in [3.8, 4) is 5.75 Å². The summed E-state index contributed by atoms with van der Waals surface area (Å²) in [6.07, 6.45) is 2.42. The molecule has 5 heteroatoms. The van der Waals surface area contributed by atoms with Crippen LogP contribution >= 0.6 is 0 Å². The first kappa shape index (κ1) is 16.5. The zero-order valence-corrected chi connectivity index (χ0v) is 13.5. The molecular formula is C17H24N2O3. The molecule has 0 spiro atoms. The predicted molar refractivity (Wildman–Crippen MR) is 86.5 cm³/mol. The standard InChI is InChI=1S/C17H24N2O3/c1-12(11-19-8-4-5-9-19)17(21)18-15-10-14(13(2)20)6-7-16(15)22-3/h6-7,10,12H,4-5,8-9,11H2,1-3H3,(H,18,21). The Morgan fingerprint density at radius 1 is 1.32 bits per heavy atom. The number of rotatable bonds is 6. The number of anilines is 1. The molecule has 0 aromatic heterocycles. The lowest BCUT2D eigenvalue weighted by molar-refractivity contribution is -0.119. The highest BCUT2D eigenvalue weighted by Gasteiger charge is 2.20. The van der Waals surface area contributed by atoms with Gasteiger partial charge in [0.25, 0.3) is 0 Å². The van der Waals surface area contributed by atoms with Crippen LogP contribution < -0.4 is 10.1 Å². The van der Waals surface area contributed by atoms with Gasteiger partial charge >= 0.3 is 0 Å². The topological polar surface area (TPSA) is 58.6 Å². The average molecular weight is 304 g/mol. The van der Waals surface area contributed by atoms with E-state index < -0.39 is 0 Å². The molecule has 1 amide bonds. The number of methoxy groups -OCH3 is 1. The monoisotopic (exact) mass is 304 g/mol. The van der Waals surface area contributed by atoms with Crippen molar-refractivity contribution in [3.63, 3.8) is 0 Å². The second-order valence-corrected chi connectivity index (χ2v) is 5.87. The number of ether oxygens (including phenoxy) is 1. The van der Waals surface area contributed by atoms with Crippen LogP contribution in [0.5, 0.6) is 5.75 Å². The molecule has 1 heterocycles. The first-order valence-corrected chi connectivity index (χ1v) is 7.73. The Hall–Kier alpha value is -1.88. The number of benzene rings is 1. The van der Waals surface area contributed by atoms with E-state index in [2.05, 4.69) is 10.2 Å². The van der Waals surface area contributed by atoms with Gasteiger partial charge in [0.05, 0.1) is 12.8 Å². The lowest BCUT2D eigenvalue weighted by atomic mass is 10.1. The van der Waals surface area contributed by atoms with Crippen LogP contribution in [0.15, 0.2) is 18.2 Å². The second kappa shape index (κ2) is 7.40. The highest BCUT2D eigenvalue weighted by Crippen LogP contribution is 2.26. The highest BCUT2D eigenvalue weighted by atomic mass is 16.5. The number of nitrogens with one attached hydrogen (secondary N) is 1. The van der Waals surface area contributed by atoms with E-state index in [1.54, 1.807) is 25.3 Å². The van der Waals surface area contributed by atoms with Gasteiger partial charge in [-0.25, -0.2) is 0 Å². The molecule has 0 radical (unpaired) electrons. The van der Waals surface area contributed by atoms with Gasteiger partial charge < -0.3 is 15.0 Å². The van der Waals surface area contributed by atoms with E-state index in [4.69, 9.17) is 4.74 Å². The molecule has 1 N–H and O–H groups in total. The van der Waals surface area contributed by atoms with Crippen molar-refractivity contribution in [1.29, 1.82) is 0 Å². The first-order chi connectivity index (χ1) is 10.5. The van der Waals surface area contributed by atoms with E-state index in [-0.39, 0.29) is 17.6 Å². The summed E-state index contributed by atoms with van der Waals surface area (Å²) < 4.78 is 5.26. The molecule has 2 rings (SSSR count). The largest absolute Gasteiger partial charge is 0.495 e. The Balaban J connectivity index is 2.05. The fraction of sp³-hybridized carbons (Fsp3) is 0.529. The smallest absolute Gasteiger partial charge is 0.228 e. The molecule has 120 valence electrons. The maximum Gasteiger partial charge on any atom is 0.228 e. The van der Waals surface area contributed by atoms with Gasteiger partial charge in [0.1, 0.15) is 5.75 Å². The molecule has 1 aliphatic rings. The quantitative estimate of drug-likeness (QED) is 0.821. The molecule has 0 bridgehead atoms. The molecule has 1 atom stereocenters. The van der Waals surface area contributed by atoms with E-state index in [0.717, 1.165) is 19.6 Å².